The van der Waals surface area contributed by atoms with Crippen molar-refractivity contribution in [1.29, 1.82) is 0 Å². The molecule has 0 bridgehead atoms. The minimum absolute atomic E-state index is 0.0253. The van der Waals surface area contributed by atoms with E-state index in [9.17, 15) is 19.1 Å². The zero-order valence-electron chi connectivity index (χ0n) is 11.5. The molecule has 7 heteroatoms. The second-order valence-corrected chi connectivity index (χ2v) is 5.68. The summed E-state index contributed by atoms with van der Waals surface area (Å²) in [4.78, 5) is 25.0. The smallest absolute Gasteiger partial charge is 0.329 e. The zero-order chi connectivity index (χ0) is 15.6. The van der Waals surface area contributed by atoms with E-state index < -0.39 is 23.4 Å². The van der Waals surface area contributed by atoms with Crippen molar-refractivity contribution in [3.05, 3.63) is 29.0 Å². The van der Waals surface area contributed by atoms with Gasteiger partial charge in [0.15, 0.2) is 0 Å². The number of nitrogens with zero attached hydrogens (tertiary/aromatic N) is 1. The quantitative estimate of drug-likeness (QED) is 0.879. The van der Waals surface area contributed by atoms with Gasteiger partial charge in [0.05, 0.1) is 5.69 Å². The van der Waals surface area contributed by atoms with Crippen LogP contribution in [-0.4, -0.2) is 34.1 Å². The molecule has 21 heavy (non-hydrogen) atoms. The van der Waals surface area contributed by atoms with Gasteiger partial charge < -0.3 is 15.3 Å². The molecule has 1 fully saturated rings. The van der Waals surface area contributed by atoms with Crippen LogP contribution in [0, 0.1) is 5.82 Å². The number of amides is 2. The minimum atomic E-state index is -1.27. The molecule has 2 amide bonds. The lowest BCUT2D eigenvalue weighted by Gasteiger charge is -2.41. The van der Waals surface area contributed by atoms with Crippen LogP contribution in [0.5, 0.6) is 0 Å². The van der Waals surface area contributed by atoms with Crippen LogP contribution in [0.1, 0.15) is 26.2 Å². The molecule has 1 aromatic rings. The maximum atomic E-state index is 13.7. The Morgan fingerprint density at radius 3 is 2.76 bits per heavy atom. The molecule has 114 valence electrons. The number of aliphatic carboxylic acids is 1. The van der Waals surface area contributed by atoms with Gasteiger partial charge in [-0.15, -0.1) is 0 Å². The van der Waals surface area contributed by atoms with Crippen LogP contribution in [0.15, 0.2) is 18.2 Å². The molecule has 0 aliphatic carbocycles. The number of rotatable bonds is 2. The van der Waals surface area contributed by atoms with Crippen LogP contribution >= 0.6 is 11.6 Å². The number of halogens is 2. The summed E-state index contributed by atoms with van der Waals surface area (Å²) in [5.41, 5.74) is -1.30. The van der Waals surface area contributed by atoms with Gasteiger partial charge in [0.25, 0.3) is 0 Å². The number of carboxylic acids is 1. The Morgan fingerprint density at radius 2 is 2.14 bits per heavy atom. The molecule has 1 atom stereocenters. The van der Waals surface area contributed by atoms with Gasteiger partial charge in [-0.25, -0.2) is 14.0 Å². The van der Waals surface area contributed by atoms with Crippen LogP contribution in [0.3, 0.4) is 0 Å². The van der Waals surface area contributed by atoms with Gasteiger partial charge in [0.2, 0.25) is 0 Å². The average molecular weight is 315 g/mol. The Bertz CT molecular complexity index is 581. The summed E-state index contributed by atoms with van der Waals surface area (Å²) in [6, 6.07) is 3.26. The summed E-state index contributed by atoms with van der Waals surface area (Å²) < 4.78 is 13.7. The summed E-state index contributed by atoms with van der Waals surface area (Å²) in [6.07, 6.45) is 1.83. The fraction of sp³-hybridized carbons (Fsp3) is 0.429. The largest absolute Gasteiger partial charge is 0.480 e. The van der Waals surface area contributed by atoms with Crippen LogP contribution < -0.4 is 5.32 Å². The Hall–Kier alpha value is -1.82. The lowest BCUT2D eigenvalue weighted by Crippen LogP contribution is -2.58. The van der Waals surface area contributed by atoms with Crippen molar-refractivity contribution in [2.75, 3.05) is 11.9 Å². The SMILES string of the molecule is CC1(C(=O)O)CCCCN1C(=O)Nc1ccc(Cl)cc1F. The summed E-state index contributed by atoms with van der Waals surface area (Å²) in [5, 5.41) is 12.0. The van der Waals surface area contributed by atoms with Crippen LogP contribution in [0.4, 0.5) is 14.9 Å². The molecule has 1 unspecified atom stereocenters. The highest BCUT2D eigenvalue weighted by atomic mass is 35.5. The van der Waals surface area contributed by atoms with Crippen molar-refractivity contribution in [2.45, 2.75) is 31.7 Å². The van der Waals surface area contributed by atoms with Gasteiger partial charge in [-0.2, -0.15) is 0 Å². The zero-order valence-corrected chi connectivity index (χ0v) is 12.3. The molecule has 1 aliphatic heterocycles. The van der Waals surface area contributed by atoms with E-state index in [4.69, 9.17) is 11.6 Å². The molecule has 2 N–H and O–H groups in total. The van der Waals surface area contributed by atoms with Crippen molar-refractivity contribution in [3.8, 4) is 0 Å². The highest BCUT2D eigenvalue weighted by Gasteiger charge is 2.44. The monoisotopic (exact) mass is 314 g/mol. The van der Waals surface area contributed by atoms with Gasteiger partial charge in [-0.05, 0) is 44.4 Å². The summed E-state index contributed by atoms with van der Waals surface area (Å²) >= 11 is 5.65. The minimum Gasteiger partial charge on any atom is -0.480 e. The van der Waals surface area contributed by atoms with E-state index in [1.54, 1.807) is 0 Å². The Morgan fingerprint density at radius 1 is 1.43 bits per heavy atom. The molecule has 1 aliphatic rings. The van der Waals surface area contributed by atoms with Gasteiger partial charge in [-0.3, -0.25) is 0 Å². The first-order valence-corrected chi connectivity index (χ1v) is 6.99. The number of anilines is 1. The second kappa shape index (κ2) is 5.89. The van der Waals surface area contributed by atoms with Crippen LogP contribution in [-0.2, 0) is 4.79 Å². The average Bonchev–Trinajstić information content (AvgIpc) is 2.42. The number of carboxylic acid groups (broad SMARTS) is 1. The van der Waals surface area contributed by atoms with E-state index in [2.05, 4.69) is 5.32 Å². The summed E-state index contributed by atoms with van der Waals surface area (Å²) in [6.45, 7) is 1.83. The molecule has 1 aromatic carbocycles. The Kier molecular flexibility index (Phi) is 4.37. The van der Waals surface area contributed by atoms with Crippen molar-refractivity contribution >= 4 is 29.3 Å². The van der Waals surface area contributed by atoms with Gasteiger partial charge in [-0.1, -0.05) is 11.6 Å². The summed E-state index contributed by atoms with van der Waals surface area (Å²) in [7, 11) is 0. The van der Waals surface area contributed by atoms with E-state index in [0.717, 1.165) is 18.9 Å². The first-order valence-electron chi connectivity index (χ1n) is 6.61. The maximum Gasteiger partial charge on any atom is 0.329 e. The van der Waals surface area contributed by atoms with Gasteiger partial charge in [0, 0.05) is 11.6 Å². The van der Waals surface area contributed by atoms with E-state index in [1.165, 1.54) is 24.0 Å². The number of urea groups is 1. The fourth-order valence-electron chi connectivity index (χ4n) is 2.44. The molecular formula is C14H16ClFN2O3. The fourth-order valence-corrected chi connectivity index (χ4v) is 2.60. The molecule has 5 nitrogen and oxygen atoms in total. The first-order chi connectivity index (χ1) is 9.84. The highest BCUT2D eigenvalue weighted by Crippen LogP contribution is 2.29. The highest BCUT2D eigenvalue weighted by molar-refractivity contribution is 6.30. The Labute approximate surface area is 126 Å². The van der Waals surface area contributed by atoms with Crippen molar-refractivity contribution in [3.63, 3.8) is 0 Å². The lowest BCUT2D eigenvalue weighted by molar-refractivity contribution is -0.150. The maximum absolute atomic E-state index is 13.7. The number of benzene rings is 1. The number of likely N-dealkylation sites (tertiary alicyclic amines) is 1. The number of carbonyl (C=O) groups is 2. The van der Waals surface area contributed by atoms with Crippen molar-refractivity contribution in [2.24, 2.45) is 0 Å². The normalized spacial score (nSPS) is 22.0. The third-order valence-corrected chi connectivity index (χ3v) is 4.00. The molecule has 0 saturated carbocycles. The first kappa shape index (κ1) is 15.6. The standard InChI is InChI=1S/C14H16ClFN2O3/c1-14(12(19)20)6-2-3-7-18(14)13(21)17-11-5-4-9(15)8-10(11)16/h4-5,8H,2-3,6-7H2,1H3,(H,17,21)(H,19,20). The molecule has 2 rings (SSSR count). The second-order valence-electron chi connectivity index (χ2n) is 5.24. The number of piperidine rings is 1. The lowest BCUT2D eigenvalue weighted by atomic mass is 9.89. The molecule has 0 radical (unpaired) electrons. The van der Waals surface area contributed by atoms with E-state index in [1.807, 2.05) is 0 Å². The van der Waals surface area contributed by atoms with E-state index >= 15 is 0 Å². The molecule has 0 spiro atoms. The van der Waals surface area contributed by atoms with E-state index in [-0.39, 0.29) is 10.7 Å². The van der Waals surface area contributed by atoms with E-state index in [0.29, 0.717) is 13.0 Å². The number of nitrogens with one attached hydrogen (secondary N) is 1. The molecule has 1 saturated heterocycles. The van der Waals surface area contributed by atoms with Crippen LogP contribution in [0.2, 0.25) is 5.02 Å². The Balaban J connectivity index is 2.20. The van der Waals surface area contributed by atoms with Crippen LogP contribution in [0.25, 0.3) is 0 Å². The predicted octanol–water partition coefficient (Wildman–Crippen LogP) is 3.34. The molecule has 0 aromatic heterocycles. The molecular weight excluding hydrogens is 299 g/mol. The van der Waals surface area contributed by atoms with Crippen molar-refractivity contribution < 1.29 is 19.1 Å². The van der Waals surface area contributed by atoms with Gasteiger partial charge in [0.1, 0.15) is 11.4 Å². The van der Waals surface area contributed by atoms with Crippen molar-refractivity contribution in [1.82, 2.24) is 4.90 Å². The topological polar surface area (TPSA) is 69.6 Å². The third kappa shape index (κ3) is 3.10. The number of carbonyl (C=O) groups excluding carboxylic acids is 1. The predicted molar refractivity (Wildman–Crippen MR) is 77.0 cm³/mol. The van der Waals surface area contributed by atoms with Gasteiger partial charge >= 0.3 is 12.0 Å². The third-order valence-electron chi connectivity index (χ3n) is 3.77. The number of hydrogen-bond acceptors (Lipinski definition) is 2. The number of hydrogen-bond donors (Lipinski definition) is 2. The summed E-state index contributed by atoms with van der Waals surface area (Å²) in [5.74, 6) is -1.72. The molecule has 1 heterocycles.